The number of pyridine rings is 1. The first-order valence-corrected chi connectivity index (χ1v) is 13.6. The number of carbonyl (C=O) groups excluding carboxylic acids is 2. The number of morpholine rings is 1. The number of rotatable bonds is 7. The van der Waals surface area contributed by atoms with Gasteiger partial charge in [0.2, 0.25) is 11.8 Å². The number of aliphatic hydroxyl groups excluding tert-OH is 1. The smallest absolute Gasteiger partial charge is 0.248 e. The predicted octanol–water partition coefficient (Wildman–Crippen LogP) is 1.64. The van der Waals surface area contributed by atoms with E-state index in [2.05, 4.69) is 25.5 Å². The zero-order chi connectivity index (χ0) is 27.0. The van der Waals surface area contributed by atoms with E-state index < -0.39 is 23.6 Å². The summed E-state index contributed by atoms with van der Waals surface area (Å²) in [6, 6.07) is 2.52. The summed E-state index contributed by atoms with van der Waals surface area (Å²) in [6.07, 6.45) is 5.42. The Morgan fingerprint density at radius 2 is 2.03 bits per heavy atom. The highest BCUT2D eigenvalue weighted by Crippen LogP contribution is 2.40. The zero-order valence-corrected chi connectivity index (χ0v) is 22.7. The molecular formula is C27H39N7O4. The highest BCUT2D eigenvalue weighted by Gasteiger charge is 2.45. The highest BCUT2D eigenvalue weighted by molar-refractivity contribution is 5.90. The van der Waals surface area contributed by atoms with E-state index in [-0.39, 0.29) is 37.4 Å². The van der Waals surface area contributed by atoms with E-state index in [0.29, 0.717) is 12.5 Å². The molecule has 206 valence electrons. The number of hydrogen-bond donors (Lipinski definition) is 2. The largest absolute Gasteiger partial charge is 0.391 e. The summed E-state index contributed by atoms with van der Waals surface area (Å²) >= 11 is 0. The van der Waals surface area contributed by atoms with E-state index in [4.69, 9.17) is 4.74 Å². The lowest BCUT2D eigenvalue weighted by Gasteiger charge is -2.34. The van der Waals surface area contributed by atoms with E-state index in [1.54, 1.807) is 10.9 Å². The van der Waals surface area contributed by atoms with Gasteiger partial charge in [0.25, 0.3) is 0 Å². The molecule has 0 bridgehead atoms. The molecule has 2 aliphatic heterocycles. The molecule has 2 amide bonds. The van der Waals surface area contributed by atoms with Crippen LogP contribution in [-0.4, -0.2) is 86.3 Å². The average molecular weight is 526 g/mol. The Labute approximate surface area is 223 Å². The molecule has 2 aromatic rings. The number of carbonyl (C=O) groups is 2. The molecule has 1 aliphatic carbocycles. The van der Waals surface area contributed by atoms with E-state index in [0.717, 1.165) is 43.0 Å². The van der Waals surface area contributed by atoms with Gasteiger partial charge in [-0.2, -0.15) is 0 Å². The Bertz CT molecular complexity index is 1140. The first kappa shape index (κ1) is 26.6. The summed E-state index contributed by atoms with van der Waals surface area (Å²) in [7, 11) is 0. The Morgan fingerprint density at radius 1 is 1.24 bits per heavy atom. The molecule has 0 radical (unpaired) electrons. The first-order valence-electron chi connectivity index (χ1n) is 13.6. The molecular weight excluding hydrogens is 486 g/mol. The van der Waals surface area contributed by atoms with Gasteiger partial charge in [0.1, 0.15) is 17.9 Å². The molecule has 11 nitrogen and oxygen atoms in total. The molecule has 11 heteroatoms. The predicted molar refractivity (Wildman–Crippen MR) is 140 cm³/mol. The summed E-state index contributed by atoms with van der Waals surface area (Å²) in [4.78, 5) is 35.4. The molecule has 2 saturated heterocycles. The van der Waals surface area contributed by atoms with Crippen molar-refractivity contribution in [3.63, 3.8) is 0 Å². The fourth-order valence-electron chi connectivity index (χ4n) is 5.37. The number of likely N-dealkylation sites (tertiary alicyclic amines) is 1. The maximum atomic E-state index is 13.9. The van der Waals surface area contributed by atoms with Crippen LogP contribution in [0.1, 0.15) is 70.2 Å². The van der Waals surface area contributed by atoms with Gasteiger partial charge >= 0.3 is 0 Å². The maximum Gasteiger partial charge on any atom is 0.248 e. The van der Waals surface area contributed by atoms with Crippen LogP contribution in [0, 0.1) is 5.41 Å². The molecule has 2 N–H and O–H groups in total. The number of nitrogens with zero attached hydrogens (tertiary/aromatic N) is 6. The fraction of sp³-hybridized carbons (Fsp3) is 0.667. The lowest BCUT2D eigenvalue weighted by molar-refractivity contribution is -0.144. The summed E-state index contributed by atoms with van der Waals surface area (Å²) in [5.41, 5.74) is 1.31. The third-order valence-corrected chi connectivity index (χ3v) is 7.55. The minimum Gasteiger partial charge on any atom is -0.391 e. The lowest BCUT2D eigenvalue weighted by Crippen LogP contribution is -2.50. The van der Waals surface area contributed by atoms with Crippen LogP contribution in [-0.2, 0) is 20.9 Å². The van der Waals surface area contributed by atoms with Gasteiger partial charge in [0.05, 0.1) is 24.5 Å². The number of aliphatic hydroxyl groups is 1. The van der Waals surface area contributed by atoms with Gasteiger partial charge in [-0.15, -0.1) is 5.10 Å². The summed E-state index contributed by atoms with van der Waals surface area (Å²) < 4.78 is 7.24. The van der Waals surface area contributed by atoms with Crippen LogP contribution in [0.25, 0.3) is 0 Å². The summed E-state index contributed by atoms with van der Waals surface area (Å²) in [5.74, 6) is 0.794. The third-order valence-electron chi connectivity index (χ3n) is 7.55. The van der Waals surface area contributed by atoms with Crippen molar-refractivity contribution < 1.29 is 19.4 Å². The molecule has 0 aromatic carbocycles. The molecule has 4 atom stereocenters. The van der Waals surface area contributed by atoms with Crippen LogP contribution in [0.4, 0.5) is 5.82 Å². The van der Waals surface area contributed by atoms with Crippen molar-refractivity contribution in [2.45, 2.75) is 83.7 Å². The van der Waals surface area contributed by atoms with Crippen LogP contribution in [0.3, 0.4) is 0 Å². The van der Waals surface area contributed by atoms with E-state index in [9.17, 15) is 14.7 Å². The fourth-order valence-corrected chi connectivity index (χ4v) is 5.37. The Kier molecular flexibility index (Phi) is 7.41. The monoisotopic (exact) mass is 525 g/mol. The Balaban J connectivity index is 1.24. The van der Waals surface area contributed by atoms with Crippen LogP contribution >= 0.6 is 0 Å². The maximum absolute atomic E-state index is 13.9. The second-order valence-electron chi connectivity index (χ2n) is 11.9. The second kappa shape index (κ2) is 10.6. The van der Waals surface area contributed by atoms with Gasteiger partial charge in [-0.1, -0.05) is 32.1 Å². The second-order valence-corrected chi connectivity index (χ2v) is 11.9. The topological polar surface area (TPSA) is 126 Å². The van der Waals surface area contributed by atoms with Gasteiger partial charge in [0, 0.05) is 50.9 Å². The normalized spacial score (nSPS) is 24.9. The highest BCUT2D eigenvalue weighted by atomic mass is 16.5. The van der Waals surface area contributed by atoms with Crippen LogP contribution in [0.5, 0.6) is 0 Å². The van der Waals surface area contributed by atoms with Gasteiger partial charge in [-0.05, 0) is 36.8 Å². The molecule has 0 spiro atoms. The first-order chi connectivity index (χ1) is 18.1. The molecule has 2 aromatic heterocycles. The van der Waals surface area contributed by atoms with E-state index in [1.165, 1.54) is 4.90 Å². The lowest BCUT2D eigenvalue weighted by atomic mass is 9.85. The number of β-amino-alcohol motifs (C(OH)–C–C–N with tert-alkyl or cyclic N) is 1. The number of ether oxygens (including phenoxy) is 1. The van der Waals surface area contributed by atoms with Gasteiger partial charge in [-0.3, -0.25) is 9.59 Å². The Hall–Kier alpha value is -3.05. The van der Waals surface area contributed by atoms with E-state index in [1.807, 2.05) is 46.0 Å². The minimum atomic E-state index is -0.759. The van der Waals surface area contributed by atoms with E-state index >= 15 is 0 Å². The van der Waals surface area contributed by atoms with Crippen molar-refractivity contribution >= 4 is 17.6 Å². The molecule has 4 heterocycles. The van der Waals surface area contributed by atoms with Crippen LogP contribution in [0.15, 0.2) is 24.5 Å². The van der Waals surface area contributed by atoms with Crippen molar-refractivity contribution in [1.29, 1.82) is 0 Å². The number of hydrogen-bond acceptors (Lipinski definition) is 8. The number of nitrogens with one attached hydrogen (secondary N) is 1. The number of amides is 2. The molecule has 3 fully saturated rings. The van der Waals surface area contributed by atoms with Crippen LogP contribution in [0.2, 0.25) is 0 Å². The Morgan fingerprint density at radius 3 is 2.68 bits per heavy atom. The van der Waals surface area contributed by atoms with Crippen molar-refractivity contribution in [2.75, 3.05) is 31.1 Å². The molecule has 3 aliphatic rings. The third kappa shape index (κ3) is 5.83. The summed E-state index contributed by atoms with van der Waals surface area (Å²) in [6.45, 7) is 10.6. The van der Waals surface area contributed by atoms with Crippen LogP contribution < -0.4 is 10.2 Å². The van der Waals surface area contributed by atoms with Gasteiger partial charge < -0.3 is 25.0 Å². The quantitative estimate of drug-likeness (QED) is 0.559. The SMILES string of the molecule is CC1CN(c2ccc(CNC(=O)[C@@H]3C[C@@H](O)CN3C(=O)[C@@H](n3cc(C4CC4)nn3)C(C)(C)C)cn2)CCO1. The van der Waals surface area contributed by atoms with Gasteiger partial charge in [0.15, 0.2) is 0 Å². The zero-order valence-electron chi connectivity index (χ0n) is 22.7. The molecule has 38 heavy (non-hydrogen) atoms. The minimum absolute atomic E-state index is 0.113. The number of anilines is 1. The van der Waals surface area contributed by atoms with Crippen molar-refractivity contribution in [3.05, 3.63) is 35.8 Å². The van der Waals surface area contributed by atoms with Crippen molar-refractivity contribution in [3.8, 4) is 0 Å². The molecule has 5 rings (SSSR count). The summed E-state index contributed by atoms with van der Waals surface area (Å²) in [5, 5.41) is 22.0. The average Bonchev–Trinajstić information content (AvgIpc) is 3.48. The standard InChI is InChI=1S/C27H39N7O4/c1-17-14-32(9-10-38-17)23-8-5-18(12-28-23)13-29-25(36)22-11-20(35)15-33(22)26(37)24(27(2,3)4)34-16-21(30-31-34)19-6-7-19/h5,8,12,16-17,19-20,22,24,35H,6-7,9-11,13-15H2,1-4H3,(H,29,36)/t17?,20-,22+,24-/m1/s1. The molecule has 1 unspecified atom stereocenters. The number of aromatic nitrogens is 4. The van der Waals surface area contributed by atoms with Crippen molar-refractivity contribution in [1.82, 2.24) is 30.2 Å². The van der Waals surface area contributed by atoms with Gasteiger partial charge in [-0.25, -0.2) is 9.67 Å². The van der Waals surface area contributed by atoms with Crippen molar-refractivity contribution in [2.24, 2.45) is 5.41 Å². The molecule has 1 saturated carbocycles.